The molecule has 0 spiro atoms. The van der Waals surface area contributed by atoms with Gasteiger partial charge in [0.1, 0.15) is 11.5 Å². The molecule has 1 amide bonds. The fraction of sp³-hybridized carbons (Fsp3) is 0.158. The Balaban J connectivity index is 1.50. The summed E-state index contributed by atoms with van der Waals surface area (Å²) >= 11 is 1.37. The number of aromatic nitrogens is 4. The lowest BCUT2D eigenvalue weighted by atomic mass is 10.2. The number of imidazole rings is 1. The van der Waals surface area contributed by atoms with Crippen LogP contribution in [-0.4, -0.2) is 32.4 Å². The number of aromatic amines is 1. The zero-order chi connectivity index (χ0) is 18.6. The quantitative estimate of drug-likeness (QED) is 0.477. The van der Waals surface area contributed by atoms with Crippen LogP contribution in [0.4, 0.5) is 5.13 Å². The molecule has 1 aromatic carbocycles. The van der Waals surface area contributed by atoms with Gasteiger partial charge < -0.3 is 10.7 Å². The summed E-state index contributed by atoms with van der Waals surface area (Å²) in [4.78, 5) is 29.0. The fourth-order valence-electron chi connectivity index (χ4n) is 2.72. The molecule has 0 aliphatic rings. The van der Waals surface area contributed by atoms with Crippen LogP contribution in [0.15, 0.2) is 48.0 Å². The van der Waals surface area contributed by atoms with Crippen molar-refractivity contribution in [1.29, 1.82) is 0 Å². The molecule has 4 rings (SSSR count). The Morgan fingerprint density at radius 1 is 1.19 bits per heavy atom. The number of rotatable bonds is 6. The number of pyridine rings is 1. The molecule has 0 saturated carbocycles. The second kappa shape index (κ2) is 7.65. The van der Waals surface area contributed by atoms with Crippen LogP contribution in [0.5, 0.6) is 0 Å². The average molecular weight is 378 g/mol. The minimum atomic E-state index is -0.211. The van der Waals surface area contributed by atoms with Crippen molar-refractivity contribution in [1.82, 2.24) is 19.9 Å². The molecule has 7 nitrogen and oxygen atoms in total. The van der Waals surface area contributed by atoms with Crippen molar-refractivity contribution in [3.8, 4) is 11.4 Å². The summed E-state index contributed by atoms with van der Waals surface area (Å²) in [6, 6.07) is 11.0. The van der Waals surface area contributed by atoms with Gasteiger partial charge in [-0.3, -0.25) is 15.1 Å². The Hall–Kier alpha value is -3.10. The van der Waals surface area contributed by atoms with E-state index in [1.807, 2.05) is 29.6 Å². The molecule has 0 atom stereocenters. The zero-order valence-electron chi connectivity index (χ0n) is 14.5. The lowest BCUT2D eigenvalue weighted by Crippen LogP contribution is -2.11. The van der Waals surface area contributed by atoms with Gasteiger partial charge >= 0.3 is 0 Å². The normalized spacial score (nSPS) is 11.0. The molecule has 0 radical (unpaired) electrons. The lowest BCUT2D eigenvalue weighted by molar-refractivity contribution is 0.102. The first-order valence-electron chi connectivity index (χ1n) is 8.60. The van der Waals surface area contributed by atoms with Crippen LogP contribution in [0.1, 0.15) is 22.6 Å². The molecule has 4 aromatic rings. The second-order valence-electron chi connectivity index (χ2n) is 6.01. The maximum Gasteiger partial charge on any atom is 0.257 e. The summed E-state index contributed by atoms with van der Waals surface area (Å²) < 4.78 is 0. The van der Waals surface area contributed by atoms with E-state index >= 15 is 0 Å². The molecule has 3 aromatic heterocycles. The third-order valence-electron chi connectivity index (χ3n) is 4.06. The first kappa shape index (κ1) is 17.3. The van der Waals surface area contributed by atoms with Gasteiger partial charge in [0.15, 0.2) is 5.13 Å². The molecular weight excluding hydrogens is 360 g/mol. The molecule has 27 heavy (non-hydrogen) atoms. The minimum Gasteiger partial charge on any atom is -0.342 e. The van der Waals surface area contributed by atoms with Gasteiger partial charge in [0.05, 0.1) is 16.7 Å². The number of nitrogens with two attached hydrogens (primary N) is 1. The standard InChI is InChI=1S/C19H18N6OS/c20-8-3-5-17-22-14-7-6-12(10-15(14)23-17)18(26)25-19-24-16(11-27-19)13-4-1-2-9-21-13/h1-2,4,6-7,9-11H,3,5,8,20H2,(H,22,23)(H,24,25,26). The van der Waals surface area contributed by atoms with Gasteiger partial charge in [0.2, 0.25) is 0 Å². The molecule has 0 aliphatic heterocycles. The fourth-order valence-corrected chi connectivity index (χ4v) is 3.42. The van der Waals surface area contributed by atoms with Crippen molar-refractivity contribution < 1.29 is 4.79 Å². The van der Waals surface area contributed by atoms with Crippen LogP contribution in [0.3, 0.4) is 0 Å². The van der Waals surface area contributed by atoms with E-state index in [4.69, 9.17) is 5.73 Å². The Kier molecular flexibility index (Phi) is 4.91. The molecule has 136 valence electrons. The van der Waals surface area contributed by atoms with E-state index in [0.717, 1.165) is 41.1 Å². The van der Waals surface area contributed by atoms with Crippen LogP contribution in [0.25, 0.3) is 22.4 Å². The number of carbonyl (C=O) groups is 1. The number of benzene rings is 1. The van der Waals surface area contributed by atoms with Crippen molar-refractivity contribution in [2.24, 2.45) is 5.73 Å². The van der Waals surface area contributed by atoms with Crippen LogP contribution in [-0.2, 0) is 6.42 Å². The number of fused-ring (bicyclic) bond motifs is 1. The maximum absolute atomic E-state index is 12.6. The third-order valence-corrected chi connectivity index (χ3v) is 4.82. The van der Waals surface area contributed by atoms with Crippen molar-refractivity contribution >= 4 is 33.4 Å². The van der Waals surface area contributed by atoms with Gasteiger partial charge in [0.25, 0.3) is 5.91 Å². The maximum atomic E-state index is 12.6. The number of hydrogen-bond donors (Lipinski definition) is 3. The number of thiazole rings is 1. The smallest absolute Gasteiger partial charge is 0.257 e. The number of anilines is 1. The summed E-state index contributed by atoms with van der Waals surface area (Å²) in [5.41, 5.74) is 9.28. The third kappa shape index (κ3) is 3.86. The second-order valence-corrected chi connectivity index (χ2v) is 6.87. The van der Waals surface area contributed by atoms with Crippen molar-refractivity contribution in [2.75, 3.05) is 11.9 Å². The van der Waals surface area contributed by atoms with Crippen LogP contribution in [0.2, 0.25) is 0 Å². The van der Waals surface area contributed by atoms with Gasteiger partial charge in [-0.2, -0.15) is 0 Å². The minimum absolute atomic E-state index is 0.211. The van der Waals surface area contributed by atoms with Crippen LogP contribution < -0.4 is 11.1 Å². The van der Waals surface area contributed by atoms with E-state index < -0.39 is 0 Å². The van der Waals surface area contributed by atoms with Gasteiger partial charge in [-0.05, 0) is 43.3 Å². The Morgan fingerprint density at radius 2 is 2.11 bits per heavy atom. The first-order valence-corrected chi connectivity index (χ1v) is 9.48. The first-order chi connectivity index (χ1) is 13.2. The average Bonchev–Trinajstić information content (AvgIpc) is 3.33. The SMILES string of the molecule is NCCCc1nc2ccc(C(=O)Nc3nc(-c4ccccn4)cs3)cc2[nH]1. The van der Waals surface area contributed by atoms with Gasteiger partial charge in [0, 0.05) is 23.6 Å². The number of hydrogen-bond acceptors (Lipinski definition) is 6. The number of amides is 1. The predicted molar refractivity (Wildman–Crippen MR) is 107 cm³/mol. The lowest BCUT2D eigenvalue weighted by Gasteiger charge is -2.01. The van der Waals surface area contributed by atoms with E-state index in [0.29, 0.717) is 17.2 Å². The van der Waals surface area contributed by atoms with Gasteiger partial charge in [-0.1, -0.05) is 6.07 Å². The van der Waals surface area contributed by atoms with Crippen LogP contribution >= 0.6 is 11.3 Å². The summed E-state index contributed by atoms with van der Waals surface area (Å²) in [5.74, 6) is 0.671. The van der Waals surface area contributed by atoms with Crippen molar-refractivity contribution in [3.63, 3.8) is 0 Å². The largest absolute Gasteiger partial charge is 0.342 e. The highest BCUT2D eigenvalue weighted by molar-refractivity contribution is 7.14. The number of aryl methyl sites for hydroxylation is 1. The molecule has 0 aliphatic carbocycles. The number of carbonyl (C=O) groups excluding carboxylic acids is 1. The van der Waals surface area contributed by atoms with E-state index in [1.165, 1.54) is 11.3 Å². The highest BCUT2D eigenvalue weighted by Crippen LogP contribution is 2.24. The van der Waals surface area contributed by atoms with Crippen LogP contribution in [0, 0.1) is 0 Å². The van der Waals surface area contributed by atoms with Crippen molar-refractivity contribution in [2.45, 2.75) is 12.8 Å². The summed E-state index contributed by atoms with van der Waals surface area (Å²) in [5, 5.41) is 5.25. The summed E-state index contributed by atoms with van der Waals surface area (Å²) in [6.45, 7) is 0.624. The molecule has 0 fully saturated rings. The molecular formula is C19H18N6OS. The Bertz CT molecular complexity index is 1070. The molecule has 0 bridgehead atoms. The molecule has 0 unspecified atom stereocenters. The Labute approximate surface area is 159 Å². The van der Waals surface area contributed by atoms with E-state index in [-0.39, 0.29) is 5.91 Å². The predicted octanol–water partition coefficient (Wildman–Crippen LogP) is 3.23. The molecule has 8 heteroatoms. The molecule has 3 heterocycles. The topological polar surface area (TPSA) is 110 Å². The highest BCUT2D eigenvalue weighted by atomic mass is 32.1. The van der Waals surface area contributed by atoms with Gasteiger partial charge in [-0.25, -0.2) is 9.97 Å². The number of nitrogens with zero attached hydrogens (tertiary/aromatic N) is 3. The molecule has 0 saturated heterocycles. The Morgan fingerprint density at radius 3 is 2.93 bits per heavy atom. The summed E-state index contributed by atoms with van der Waals surface area (Å²) in [6.07, 6.45) is 3.38. The van der Waals surface area contributed by atoms with E-state index in [1.54, 1.807) is 18.3 Å². The summed E-state index contributed by atoms with van der Waals surface area (Å²) in [7, 11) is 0. The van der Waals surface area contributed by atoms with Gasteiger partial charge in [-0.15, -0.1) is 11.3 Å². The van der Waals surface area contributed by atoms with E-state index in [9.17, 15) is 4.79 Å². The highest BCUT2D eigenvalue weighted by Gasteiger charge is 2.12. The number of H-pyrrole nitrogens is 1. The van der Waals surface area contributed by atoms with Crippen molar-refractivity contribution in [3.05, 3.63) is 59.4 Å². The monoisotopic (exact) mass is 378 g/mol. The van der Waals surface area contributed by atoms with E-state index in [2.05, 4.69) is 25.3 Å². The molecule has 4 N–H and O–H groups in total. The zero-order valence-corrected chi connectivity index (χ0v) is 15.3. The number of nitrogens with one attached hydrogen (secondary N) is 2.